The van der Waals surface area contributed by atoms with Crippen LogP contribution in [0.25, 0.3) is 10.7 Å². The highest BCUT2D eigenvalue weighted by Gasteiger charge is 2.30. The number of thioether (sulfide) groups is 1. The first-order valence-corrected chi connectivity index (χ1v) is 9.15. The normalized spacial score (nSPS) is 14.3. The van der Waals surface area contributed by atoms with Gasteiger partial charge in [-0.2, -0.15) is 0 Å². The van der Waals surface area contributed by atoms with E-state index in [0.717, 1.165) is 34.8 Å². The van der Waals surface area contributed by atoms with E-state index in [-0.39, 0.29) is 0 Å². The maximum atomic E-state index is 13.8. The van der Waals surface area contributed by atoms with E-state index in [4.69, 9.17) is 0 Å². The Balaban J connectivity index is 1.61. The van der Waals surface area contributed by atoms with Crippen LogP contribution >= 0.6 is 23.1 Å². The van der Waals surface area contributed by atoms with Crippen LogP contribution in [0, 0.1) is 11.6 Å². The SMILES string of the molecule is Fc1cccc(CSc2nnc(-c3cccs3)n2C2CC2)c1F. The van der Waals surface area contributed by atoms with Crippen molar-refractivity contribution in [3.05, 3.63) is 52.9 Å². The Hall–Kier alpha value is -1.73. The van der Waals surface area contributed by atoms with Crippen molar-refractivity contribution in [1.29, 1.82) is 0 Å². The predicted octanol–water partition coefficient (Wildman–Crippen LogP) is 4.91. The number of aromatic nitrogens is 3. The molecule has 0 atom stereocenters. The van der Waals surface area contributed by atoms with Crippen LogP contribution in [0.5, 0.6) is 0 Å². The van der Waals surface area contributed by atoms with Crippen LogP contribution in [0.1, 0.15) is 24.4 Å². The average Bonchev–Trinajstić information content (AvgIpc) is 3.09. The molecule has 3 aromatic rings. The molecule has 1 aliphatic carbocycles. The third-order valence-corrected chi connectivity index (χ3v) is 5.56. The summed E-state index contributed by atoms with van der Waals surface area (Å²) in [6, 6.07) is 8.68. The lowest BCUT2D eigenvalue weighted by molar-refractivity contribution is 0.502. The second kappa shape index (κ2) is 6.05. The minimum Gasteiger partial charge on any atom is -0.298 e. The van der Waals surface area contributed by atoms with Crippen LogP contribution in [-0.4, -0.2) is 14.8 Å². The first kappa shape index (κ1) is 14.8. The number of benzene rings is 1. The van der Waals surface area contributed by atoms with Crippen LogP contribution in [0.3, 0.4) is 0 Å². The highest BCUT2D eigenvalue weighted by Crippen LogP contribution is 2.42. The molecule has 4 rings (SSSR count). The van der Waals surface area contributed by atoms with Crippen LogP contribution in [0.4, 0.5) is 8.78 Å². The Labute approximate surface area is 140 Å². The Morgan fingerprint density at radius 2 is 2.04 bits per heavy atom. The van der Waals surface area contributed by atoms with Gasteiger partial charge in [0, 0.05) is 17.4 Å². The zero-order valence-electron chi connectivity index (χ0n) is 12.1. The van der Waals surface area contributed by atoms with E-state index in [2.05, 4.69) is 14.8 Å². The third-order valence-electron chi connectivity index (χ3n) is 3.71. The van der Waals surface area contributed by atoms with Gasteiger partial charge in [-0.1, -0.05) is 30.0 Å². The molecule has 0 bridgehead atoms. The van der Waals surface area contributed by atoms with Crippen molar-refractivity contribution in [2.45, 2.75) is 29.8 Å². The minimum absolute atomic E-state index is 0.332. The smallest absolute Gasteiger partial charge is 0.192 e. The van der Waals surface area contributed by atoms with Gasteiger partial charge in [0.25, 0.3) is 0 Å². The minimum atomic E-state index is -0.814. The lowest BCUT2D eigenvalue weighted by Gasteiger charge is -2.08. The fourth-order valence-electron chi connectivity index (χ4n) is 2.41. The van der Waals surface area contributed by atoms with Gasteiger partial charge in [0.2, 0.25) is 0 Å². The summed E-state index contributed by atoms with van der Waals surface area (Å²) in [5, 5.41) is 11.3. The lowest BCUT2D eigenvalue weighted by atomic mass is 10.2. The van der Waals surface area contributed by atoms with E-state index in [1.54, 1.807) is 17.4 Å². The molecule has 1 aliphatic rings. The first-order chi connectivity index (χ1) is 11.2. The fraction of sp³-hybridized carbons (Fsp3) is 0.250. The summed E-state index contributed by atoms with van der Waals surface area (Å²) >= 11 is 3.02. The van der Waals surface area contributed by atoms with Gasteiger partial charge in [0.1, 0.15) is 0 Å². The van der Waals surface area contributed by atoms with Crippen molar-refractivity contribution in [3.8, 4) is 10.7 Å². The van der Waals surface area contributed by atoms with Gasteiger partial charge >= 0.3 is 0 Å². The van der Waals surface area contributed by atoms with Gasteiger partial charge < -0.3 is 0 Å². The number of thiophene rings is 1. The summed E-state index contributed by atoms with van der Waals surface area (Å²) in [6.45, 7) is 0. The maximum absolute atomic E-state index is 13.8. The molecule has 1 saturated carbocycles. The molecule has 0 saturated heterocycles. The van der Waals surface area contributed by atoms with Crippen LogP contribution in [0.2, 0.25) is 0 Å². The molecule has 2 heterocycles. The molecular formula is C16H13F2N3S2. The molecule has 0 N–H and O–H groups in total. The zero-order valence-corrected chi connectivity index (χ0v) is 13.7. The van der Waals surface area contributed by atoms with E-state index < -0.39 is 11.6 Å². The number of rotatable bonds is 5. The molecule has 0 amide bonds. The Morgan fingerprint density at radius 1 is 1.17 bits per heavy atom. The van der Waals surface area contributed by atoms with E-state index in [0.29, 0.717) is 17.4 Å². The molecule has 1 aromatic carbocycles. The predicted molar refractivity (Wildman–Crippen MR) is 87.5 cm³/mol. The second-order valence-corrected chi connectivity index (χ2v) is 7.28. The Kier molecular flexibility index (Phi) is 3.90. The summed E-state index contributed by atoms with van der Waals surface area (Å²) in [5.41, 5.74) is 0.345. The molecule has 3 nitrogen and oxygen atoms in total. The monoisotopic (exact) mass is 349 g/mol. The topological polar surface area (TPSA) is 30.7 Å². The first-order valence-electron chi connectivity index (χ1n) is 7.28. The molecule has 0 unspecified atom stereocenters. The number of hydrogen-bond acceptors (Lipinski definition) is 4. The van der Waals surface area contributed by atoms with E-state index in [1.807, 2.05) is 17.5 Å². The van der Waals surface area contributed by atoms with Gasteiger partial charge in [-0.3, -0.25) is 4.57 Å². The molecule has 0 radical (unpaired) electrons. The Morgan fingerprint density at radius 3 is 2.78 bits per heavy atom. The molecule has 23 heavy (non-hydrogen) atoms. The third kappa shape index (κ3) is 2.90. The number of hydrogen-bond donors (Lipinski definition) is 0. The summed E-state index contributed by atoms with van der Waals surface area (Å²) in [5.74, 6) is -0.398. The standard InChI is InChI=1S/C16H13F2N3S2/c17-12-4-1-3-10(14(12)18)9-23-16-20-19-15(13-5-2-8-22-13)21(16)11-6-7-11/h1-5,8,11H,6-7,9H2. The molecule has 0 aliphatic heterocycles. The molecule has 7 heteroatoms. The second-order valence-electron chi connectivity index (χ2n) is 5.39. The van der Waals surface area contributed by atoms with Crippen LogP contribution < -0.4 is 0 Å². The quantitative estimate of drug-likeness (QED) is 0.613. The average molecular weight is 349 g/mol. The van der Waals surface area contributed by atoms with Crippen molar-refractivity contribution < 1.29 is 8.78 Å². The van der Waals surface area contributed by atoms with Crippen molar-refractivity contribution >= 4 is 23.1 Å². The molecule has 1 fully saturated rings. The zero-order chi connectivity index (χ0) is 15.8. The lowest BCUT2D eigenvalue weighted by Crippen LogP contribution is -1.99. The fourth-order valence-corrected chi connectivity index (χ4v) is 4.10. The number of halogens is 2. The van der Waals surface area contributed by atoms with E-state index in [9.17, 15) is 8.78 Å². The number of nitrogens with zero attached hydrogens (tertiary/aromatic N) is 3. The van der Waals surface area contributed by atoms with Crippen molar-refractivity contribution in [2.24, 2.45) is 0 Å². The van der Waals surface area contributed by atoms with E-state index in [1.165, 1.54) is 17.8 Å². The van der Waals surface area contributed by atoms with Gasteiger partial charge in [0.15, 0.2) is 22.6 Å². The van der Waals surface area contributed by atoms with Gasteiger partial charge in [0.05, 0.1) is 4.88 Å². The highest BCUT2D eigenvalue weighted by atomic mass is 32.2. The van der Waals surface area contributed by atoms with Crippen LogP contribution in [0.15, 0.2) is 40.9 Å². The van der Waals surface area contributed by atoms with Gasteiger partial charge in [-0.15, -0.1) is 21.5 Å². The molecule has 118 valence electrons. The summed E-state index contributed by atoms with van der Waals surface area (Å²) in [4.78, 5) is 1.08. The summed E-state index contributed by atoms with van der Waals surface area (Å²) < 4.78 is 29.2. The summed E-state index contributed by atoms with van der Waals surface area (Å²) in [6.07, 6.45) is 2.22. The van der Waals surface area contributed by atoms with Crippen LogP contribution in [-0.2, 0) is 5.75 Å². The molecule has 0 spiro atoms. The highest BCUT2D eigenvalue weighted by molar-refractivity contribution is 7.98. The van der Waals surface area contributed by atoms with Crippen molar-refractivity contribution in [2.75, 3.05) is 0 Å². The summed E-state index contributed by atoms with van der Waals surface area (Å²) in [7, 11) is 0. The molecule has 2 aromatic heterocycles. The maximum Gasteiger partial charge on any atom is 0.192 e. The Bertz CT molecular complexity index is 826. The van der Waals surface area contributed by atoms with Gasteiger partial charge in [-0.05, 0) is 30.4 Å². The largest absolute Gasteiger partial charge is 0.298 e. The van der Waals surface area contributed by atoms with Crippen molar-refractivity contribution in [3.63, 3.8) is 0 Å². The van der Waals surface area contributed by atoms with Crippen molar-refractivity contribution in [1.82, 2.24) is 14.8 Å². The molecular weight excluding hydrogens is 336 g/mol. The van der Waals surface area contributed by atoms with E-state index >= 15 is 0 Å². The van der Waals surface area contributed by atoms with Gasteiger partial charge in [-0.25, -0.2) is 8.78 Å².